The molecule has 1 aromatic rings. The van der Waals surface area contributed by atoms with E-state index in [4.69, 9.17) is 15.4 Å². The second kappa shape index (κ2) is 6.23. The van der Waals surface area contributed by atoms with Gasteiger partial charge in [-0.2, -0.15) is 0 Å². The van der Waals surface area contributed by atoms with Crippen LogP contribution in [0.15, 0.2) is 30.3 Å². The molecule has 1 unspecified atom stereocenters. The molecule has 0 saturated heterocycles. The van der Waals surface area contributed by atoms with Crippen LogP contribution in [0.3, 0.4) is 0 Å². The van der Waals surface area contributed by atoms with Crippen molar-refractivity contribution in [2.75, 3.05) is 6.61 Å². The van der Waals surface area contributed by atoms with E-state index in [9.17, 15) is 8.42 Å². The molecule has 0 aliphatic carbocycles. The Balaban J connectivity index is 2.23. The molecule has 5 heteroatoms. The lowest BCUT2D eigenvalue weighted by Crippen LogP contribution is -2.14. The highest BCUT2D eigenvalue weighted by atomic mass is 35.7. The third kappa shape index (κ3) is 4.96. The van der Waals surface area contributed by atoms with Crippen LogP contribution in [0.5, 0.6) is 0 Å². The normalized spacial score (nSPS) is 13.6. The highest BCUT2D eigenvalue weighted by Gasteiger charge is 2.16. The molecule has 0 aromatic heterocycles. The van der Waals surface area contributed by atoms with E-state index in [-0.39, 0.29) is 0 Å². The average Bonchev–Trinajstić information content (AvgIpc) is 2.24. The minimum atomic E-state index is -3.46. The Bertz CT molecular complexity index is 402. The van der Waals surface area contributed by atoms with Crippen LogP contribution < -0.4 is 0 Å². The summed E-state index contributed by atoms with van der Waals surface area (Å²) < 4.78 is 27.2. The van der Waals surface area contributed by atoms with Crippen molar-refractivity contribution in [1.82, 2.24) is 0 Å². The first-order valence-corrected chi connectivity index (χ1v) is 7.42. The first-order valence-electron chi connectivity index (χ1n) is 5.05. The van der Waals surface area contributed by atoms with Gasteiger partial charge in [-0.25, -0.2) is 8.42 Å². The van der Waals surface area contributed by atoms with Gasteiger partial charge in [-0.15, -0.1) is 0 Å². The maximum absolute atomic E-state index is 10.9. The summed E-state index contributed by atoms with van der Waals surface area (Å²) in [7, 11) is 1.74. The van der Waals surface area contributed by atoms with Gasteiger partial charge in [0.05, 0.1) is 11.9 Å². The summed E-state index contributed by atoms with van der Waals surface area (Å²) >= 11 is 0. The molecule has 1 atom stereocenters. The van der Waals surface area contributed by atoms with E-state index in [2.05, 4.69) is 0 Å². The van der Waals surface area contributed by atoms with Crippen molar-refractivity contribution >= 4 is 19.7 Å². The molecule has 1 aromatic carbocycles. The number of rotatable bonds is 6. The van der Waals surface area contributed by atoms with E-state index in [0.717, 1.165) is 5.56 Å². The zero-order valence-electron chi connectivity index (χ0n) is 9.10. The Morgan fingerprint density at radius 2 is 1.94 bits per heavy atom. The Labute approximate surface area is 101 Å². The van der Waals surface area contributed by atoms with Crippen molar-refractivity contribution < 1.29 is 13.2 Å². The van der Waals surface area contributed by atoms with E-state index in [1.165, 1.54) is 0 Å². The first-order chi connectivity index (χ1) is 7.50. The van der Waals surface area contributed by atoms with Gasteiger partial charge in [-0.3, -0.25) is 0 Å². The maximum atomic E-state index is 10.9. The molecule has 0 saturated carbocycles. The number of hydrogen-bond acceptors (Lipinski definition) is 3. The summed E-state index contributed by atoms with van der Waals surface area (Å²) in [6.45, 7) is 2.46. The van der Waals surface area contributed by atoms with Crippen molar-refractivity contribution in [1.29, 1.82) is 0 Å². The van der Waals surface area contributed by atoms with E-state index >= 15 is 0 Å². The smallest absolute Gasteiger partial charge is 0.235 e. The summed E-state index contributed by atoms with van der Waals surface area (Å²) in [5, 5.41) is -0.565. The molecule has 0 N–H and O–H groups in total. The van der Waals surface area contributed by atoms with Crippen LogP contribution in [0.1, 0.15) is 18.9 Å². The summed E-state index contributed by atoms with van der Waals surface area (Å²) in [4.78, 5) is 0. The summed E-state index contributed by atoms with van der Waals surface area (Å²) in [5.41, 5.74) is 1.07. The largest absolute Gasteiger partial charge is 0.377 e. The zero-order valence-corrected chi connectivity index (χ0v) is 10.7. The number of hydrogen-bond donors (Lipinski definition) is 0. The van der Waals surface area contributed by atoms with Gasteiger partial charge in [-0.1, -0.05) is 30.3 Å². The molecule has 0 aliphatic heterocycles. The Morgan fingerprint density at radius 3 is 2.50 bits per heavy atom. The average molecular weight is 263 g/mol. The van der Waals surface area contributed by atoms with Gasteiger partial charge in [0.25, 0.3) is 0 Å². The predicted octanol–water partition coefficient (Wildman–Crippen LogP) is 2.55. The van der Waals surface area contributed by atoms with Crippen LogP contribution in [-0.4, -0.2) is 20.3 Å². The van der Waals surface area contributed by atoms with Crippen molar-refractivity contribution in [3.8, 4) is 0 Å². The van der Waals surface area contributed by atoms with Crippen molar-refractivity contribution in [3.05, 3.63) is 35.9 Å². The Hall–Kier alpha value is -0.580. The third-order valence-corrected chi connectivity index (χ3v) is 4.37. The van der Waals surface area contributed by atoms with Crippen molar-refractivity contribution in [2.45, 2.75) is 25.2 Å². The van der Waals surface area contributed by atoms with Gasteiger partial charge in [-0.05, 0) is 18.9 Å². The molecule has 16 heavy (non-hydrogen) atoms. The molecule has 0 spiro atoms. The molecule has 0 bridgehead atoms. The summed E-state index contributed by atoms with van der Waals surface area (Å²) in [5.74, 6) is 0. The molecular weight excluding hydrogens is 248 g/mol. The van der Waals surface area contributed by atoms with Crippen LogP contribution in [0.25, 0.3) is 0 Å². The lowest BCUT2D eigenvalue weighted by molar-refractivity contribution is 0.118. The number of halogens is 1. The zero-order chi connectivity index (χ0) is 12.0. The van der Waals surface area contributed by atoms with Crippen molar-refractivity contribution in [2.24, 2.45) is 0 Å². The van der Waals surface area contributed by atoms with Gasteiger partial charge in [0.15, 0.2) is 0 Å². The highest BCUT2D eigenvalue weighted by Crippen LogP contribution is 2.11. The van der Waals surface area contributed by atoms with Gasteiger partial charge in [0.2, 0.25) is 9.05 Å². The van der Waals surface area contributed by atoms with E-state index in [1.54, 1.807) is 6.92 Å². The number of benzene rings is 1. The molecule has 3 nitrogen and oxygen atoms in total. The van der Waals surface area contributed by atoms with E-state index in [1.807, 2.05) is 30.3 Å². The van der Waals surface area contributed by atoms with E-state index < -0.39 is 14.3 Å². The van der Waals surface area contributed by atoms with Crippen LogP contribution >= 0.6 is 10.7 Å². The minimum absolute atomic E-state index is 0.391. The Kier molecular flexibility index (Phi) is 5.25. The quantitative estimate of drug-likeness (QED) is 0.585. The van der Waals surface area contributed by atoms with Crippen LogP contribution in [-0.2, 0) is 20.4 Å². The maximum Gasteiger partial charge on any atom is 0.235 e. The molecule has 0 radical (unpaired) electrons. The van der Waals surface area contributed by atoms with Crippen LogP contribution in [0.4, 0.5) is 0 Å². The number of ether oxygens (including phenoxy) is 1. The second-order valence-electron chi connectivity index (χ2n) is 3.61. The van der Waals surface area contributed by atoms with Gasteiger partial charge >= 0.3 is 0 Å². The first kappa shape index (κ1) is 13.5. The minimum Gasteiger partial charge on any atom is -0.377 e. The van der Waals surface area contributed by atoms with Gasteiger partial charge in [0.1, 0.15) is 0 Å². The summed E-state index contributed by atoms with van der Waals surface area (Å²) in [6, 6.07) is 9.73. The fraction of sp³-hybridized carbons (Fsp3) is 0.455. The monoisotopic (exact) mass is 262 g/mol. The SMILES string of the molecule is CC(CCOCc1ccccc1)S(=O)(=O)Cl. The van der Waals surface area contributed by atoms with Crippen molar-refractivity contribution in [3.63, 3.8) is 0 Å². The fourth-order valence-electron chi connectivity index (χ4n) is 1.15. The molecule has 0 aliphatic rings. The predicted molar refractivity (Wildman–Crippen MR) is 64.9 cm³/mol. The topological polar surface area (TPSA) is 43.4 Å². The molecule has 90 valence electrons. The molecule has 0 amide bonds. The van der Waals surface area contributed by atoms with Crippen LogP contribution in [0.2, 0.25) is 0 Å². The third-order valence-electron chi connectivity index (χ3n) is 2.26. The van der Waals surface area contributed by atoms with Gasteiger partial charge in [0, 0.05) is 17.3 Å². The fourth-order valence-corrected chi connectivity index (χ4v) is 1.80. The Morgan fingerprint density at radius 1 is 1.31 bits per heavy atom. The second-order valence-corrected chi connectivity index (χ2v) is 6.66. The molecular formula is C11H15ClO3S. The molecule has 1 rings (SSSR count). The lowest BCUT2D eigenvalue weighted by Gasteiger charge is -2.08. The highest BCUT2D eigenvalue weighted by molar-refractivity contribution is 8.14. The van der Waals surface area contributed by atoms with E-state index in [0.29, 0.717) is 19.6 Å². The molecule has 0 fully saturated rings. The standard InChI is InChI=1S/C11H15ClO3S/c1-10(16(12,13)14)7-8-15-9-11-5-3-2-4-6-11/h2-6,10H,7-9H2,1H3. The summed E-state index contributed by atoms with van der Waals surface area (Å²) in [6.07, 6.45) is 0.415. The van der Waals surface area contributed by atoms with Gasteiger partial charge < -0.3 is 4.74 Å². The molecule has 0 heterocycles. The van der Waals surface area contributed by atoms with Crippen LogP contribution in [0, 0.1) is 0 Å². The lowest BCUT2D eigenvalue weighted by atomic mass is 10.2.